The van der Waals surface area contributed by atoms with Crippen LogP contribution in [0.4, 0.5) is 8.78 Å². The van der Waals surface area contributed by atoms with Crippen LogP contribution in [0.25, 0.3) is 0 Å². The Morgan fingerprint density at radius 1 is 1.28 bits per heavy atom. The Morgan fingerprint density at radius 2 is 1.89 bits per heavy atom. The number of hydrogen-bond donors (Lipinski definition) is 3. The lowest BCUT2D eigenvalue weighted by Crippen LogP contribution is -2.44. The maximum Gasteiger partial charge on any atom is 0.205 e. The van der Waals surface area contributed by atoms with Crippen LogP contribution in [0.3, 0.4) is 0 Å². The number of halogens is 2. The van der Waals surface area contributed by atoms with E-state index in [0.717, 1.165) is 6.07 Å². The molecule has 0 atom stereocenters. The van der Waals surface area contributed by atoms with Crippen LogP contribution in [0.1, 0.15) is 19.4 Å². The highest BCUT2D eigenvalue weighted by Gasteiger charge is 2.01. The molecule has 0 fully saturated rings. The zero-order valence-electron chi connectivity index (χ0n) is 10.5. The van der Waals surface area contributed by atoms with Crippen LogP contribution in [0, 0.1) is 11.6 Å². The predicted molar refractivity (Wildman–Crippen MR) is 68.0 cm³/mol. The van der Waals surface area contributed by atoms with Crippen LogP contribution in [0.15, 0.2) is 23.2 Å². The van der Waals surface area contributed by atoms with Crippen LogP contribution in [0.2, 0.25) is 0 Å². The number of aliphatic imine (C=N–C) groups is 1. The van der Waals surface area contributed by atoms with Crippen molar-refractivity contribution in [3.05, 3.63) is 35.4 Å². The van der Waals surface area contributed by atoms with Crippen molar-refractivity contribution in [3.63, 3.8) is 0 Å². The minimum Gasteiger partial charge on any atom is -0.353 e. The van der Waals surface area contributed by atoms with Crippen LogP contribution in [0.5, 0.6) is 0 Å². The fourth-order valence-electron chi connectivity index (χ4n) is 1.46. The highest BCUT2D eigenvalue weighted by atomic mass is 19.1. The van der Waals surface area contributed by atoms with Crippen LogP contribution >= 0.6 is 0 Å². The molecule has 4 N–H and O–H groups in total. The quantitative estimate of drug-likeness (QED) is 0.329. The predicted octanol–water partition coefficient (Wildman–Crippen LogP) is 1.32. The summed E-state index contributed by atoms with van der Waals surface area (Å²) in [5, 5.41) is 3.00. The number of guanidine groups is 1. The molecular weight excluding hydrogens is 238 g/mol. The first-order valence-corrected chi connectivity index (χ1v) is 5.74. The molecule has 100 valence electrons. The molecule has 0 bridgehead atoms. The van der Waals surface area contributed by atoms with Gasteiger partial charge in [-0.2, -0.15) is 0 Å². The molecule has 0 saturated carbocycles. The molecule has 0 aromatic heterocycles. The molecule has 0 radical (unpaired) electrons. The first kappa shape index (κ1) is 14.4. The van der Waals surface area contributed by atoms with Crippen LogP contribution in [-0.2, 0) is 6.42 Å². The van der Waals surface area contributed by atoms with E-state index in [1.54, 1.807) is 0 Å². The molecule has 1 aromatic carbocycles. The highest BCUT2D eigenvalue weighted by molar-refractivity contribution is 5.79. The summed E-state index contributed by atoms with van der Waals surface area (Å²) >= 11 is 0. The normalized spacial score (nSPS) is 11.8. The van der Waals surface area contributed by atoms with E-state index in [2.05, 4.69) is 15.7 Å². The molecular formula is C12H18F2N4. The molecule has 0 aliphatic rings. The van der Waals surface area contributed by atoms with Gasteiger partial charge in [-0.05, 0) is 38.0 Å². The minimum atomic E-state index is -0.577. The topological polar surface area (TPSA) is 62.4 Å². The lowest BCUT2D eigenvalue weighted by molar-refractivity contribution is 0.579. The number of benzene rings is 1. The van der Waals surface area contributed by atoms with Crippen LogP contribution < -0.4 is 16.6 Å². The van der Waals surface area contributed by atoms with Crippen molar-refractivity contribution in [3.8, 4) is 0 Å². The third-order valence-corrected chi connectivity index (χ3v) is 2.15. The zero-order valence-corrected chi connectivity index (χ0v) is 10.5. The zero-order chi connectivity index (χ0) is 13.5. The van der Waals surface area contributed by atoms with Crippen molar-refractivity contribution in [2.45, 2.75) is 26.3 Å². The molecule has 0 aliphatic heterocycles. The molecule has 0 unspecified atom stereocenters. The first-order chi connectivity index (χ1) is 8.51. The molecule has 1 rings (SSSR count). The summed E-state index contributed by atoms with van der Waals surface area (Å²) in [6.45, 7) is 4.30. The summed E-state index contributed by atoms with van der Waals surface area (Å²) in [6.07, 6.45) is 0.444. The van der Waals surface area contributed by atoms with E-state index in [-0.39, 0.29) is 6.04 Å². The Labute approximate surface area is 105 Å². The van der Waals surface area contributed by atoms with E-state index in [9.17, 15) is 8.78 Å². The largest absolute Gasteiger partial charge is 0.353 e. The highest BCUT2D eigenvalue weighted by Crippen LogP contribution is 2.08. The van der Waals surface area contributed by atoms with Gasteiger partial charge < -0.3 is 5.32 Å². The third-order valence-electron chi connectivity index (χ3n) is 2.15. The molecule has 0 aliphatic carbocycles. The molecule has 0 heterocycles. The first-order valence-electron chi connectivity index (χ1n) is 5.74. The van der Waals surface area contributed by atoms with E-state index < -0.39 is 11.6 Å². The molecule has 6 heteroatoms. The van der Waals surface area contributed by atoms with Gasteiger partial charge in [0.2, 0.25) is 5.96 Å². The molecule has 0 spiro atoms. The average Bonchev–Trinajstić information content (AvgIpc) is 2.25. The summed E-state index contributed by atoms with van der Waals surface area (Å²) in [5.41, 5.74) is 3.00. The van der Waals surface area contributed by atoms with E-state index in [1.165, 1.54) is 12.1 Å². The van der Waals surface area contributed by atoms with E-state index in [4.69, 9.17) is 5.84 Å². The monoisotopic (exact) mass is 256 g/mol. The molecule has 4 nitrogen and oxygen atoms in total. The van der Waals surface area contributed by atoms with Crippen molar-refractivity contribution in [2.24, 2.45) is 10.8 Å². The van der Waals surface area contributed by atoms with Gasteiger partial charge in [-0.15, -0.1) is 0 Å². The number of hydrogen-bond acceptors (Lipinski definition) is 2. The summed E-state index contributed by atoms with van der Waals surface area (Å²) in [5.74, 6) is 4.59. The average molecular weight is 256 g/mol. The number of hydrazine groups is 1. The summed E-state index contributed by atoms with van der Waals surface area (Å²) < 4.78 is 25.9. The number of nitrogens with one attached hydrogen (secondary N) is 2. The Morgan fingerprint density at radius 3 is 2.39 bits per heavy atom. The van der Waals surface area contributed by atoms with E-state index in [0.29, 0.717) is 24.5 Å². The number of nitrogens with zero attached hydrogens (tertiary/aromatic N) is 1. The van der Waals surface area contributed by atoms with Gasteiger partial charge in [-0.1, -0.05) is 0 Å². The SMILES string of the molecule is CC(C)NC(=NCCc1cc(F)cc(F)c1)NN. The standard InChI is InChI=1S/C12H18F2N4/c1-8(2)17-12(18-15)16-4-3-9-5-10(13)7-11(14)6-9/h5-8H,3-4,15H2,1-2H3,(H2,16,17,18). The van der Waals surface area contributed by atoms with Gasteiger partial charge in [0, 0.05) is 18.7 Å². The van der Waals surface area contributed by atoms with Gasteiger partial charge in [0.1, 0.15) is 11.6 Å². The van der Waals surface area contributed by atoms with Crippen molar-refractivity contribution >= 4 is 5.96 Å². The second kappa shape index (κ2) is 6.90. The summed E-state index contributed by atoms with van der Waals surface area (Å²) in [6, 6.07) is 3.64. The lowest BCUT2D eigenvalue weighted by atomic mass is 10.1. The van der Waals surface area contributed by atoms with E-state index >= 15 is 0 Å². The smallest absolute Gasteiger partial charge is 0.205 e. The van der Waals surface area contributed by atoms with Crippen molar-refractivity contribution in [1.82, 2.24) is 10.7 Å². The van der Waals surface area contributed by atoms with Gasteiger partial charge in [-0.25, -0.2) is 14.6 Å². The number of rotatable bonds is 4. The second-order valence-corrected chi connectivity index (χ2v) is 4.20. The second-order valence-electron chi connectivity index (χ2n) is 4.20. The molecule has 1 aromatic rings. The number of nitrogens with two attached hydrogens (primary N) is 1. The van der Waals surface area contributed by atoms with Gasteiger partial charge in [0.25, 0.3) is 0 Å². The molecule has 0 saturated heterocycles. The van der Waals surface area contributed by atoms with Crippen LogP contribution in [-0.4, -0.2) is 18.5 Å². The Kier molecular flexibility index (Phi) is 5.51. The van der Waals surface area contributed by atoms with Gasteiger partial charge in [0.05, 0.1) is 0 Å². The summed E-state index contributed by atoms with van der Waals surface area (Å²) in [4.78, 5) is 4.16. The fourth-order valence-corrected chi connectivity index (χ4v) is 1.46. The van der Waals surface area contributed by atoms with Crippen molar-refractivity contribution < 1.29 is 8.78 Å². The van der Waals surface area contributed by atoms with Gasteiger partial charge in [0.15, 0.2) is 0 Å². The van der Waals surface area contributed by atoms with Gasteiger partial charge >= 0.3 is 0 Å². The Hall–Kier alpha value is -1.69. The molecule has 0 amide bonds. The van der Waals surface area contributed by atoms with E-state index in [1.807, 2.05) is 13.8 Å². The minimum absolute atomic E-state index is 0.200. The van der Waals surface area contributed by atoms with Crippen molar-refractivity contribution in [1.29, 1.82) is 0 Å². The third kappa shape index (κ3) is 5.09. The summed E-state index contributed by atoms with van der Waals surface area (Å²) in [7, 11) is 0. The maximum absolute atomic E-state index is 12.9. The lowest BCUT2D eigenvalue weighted by Gasteiger charge is -2.11. The van der Waals surface area contributed by atoms with Crippen molar-refractivity contribution in [2.75, 3.05) is 6.54 Å². The fraction of sp³-hybridized carbons (Fsp3) is 0.417. The van der Waals surface area contributed by atoms with Gasteiger partial charge in [-0.3, -0.25) is 10.4 Å². The Bertz CT molecular complexity index is 398. The molecule has 18 heavy (non-hydrogen) atoms. The maximum atomic E-state index is 12.9. The Balaban J connectivity index is 2.56.